The van der Waals surface area contributed by atoms with E-state index in [1.165, 1.54) is 0 Å². The average molecular weight is 419 g/mol. The summed E-state index contributed by atoms with van der Waals surface area (Å²) in [7, 11) is 3.24. The second-order valence-corrected chi connectivity index (χ2v) is 7.93. The third-order valence-electron chi connectivity index (χ3n) is 5.09. The molecule has 0 aliphatic carbocycles. The summed E-state index contributed by atoms with van der Waals surface area (Å²) in [5, 5.41) is 6.84. The Morgan fingerprint density at radius 3 is 2.38 bits per heavy atom. The Balaban J connectivity index is 1.89. The lowest BCUT2D eigenvalue weighted by molar-refractivity contribution is 0.393. The number of hydrogen-bond donors (Lipinski definition) is 2. The molecule has 2 aromatic carbocycles. The van der Waals surface area contributed by atoms with E-state index in [9.17, 15) is 8.76 Å². The van der Waals surface area contributed by atoms with Gasteiger partial charge in [0.2, 0.25) is 0 Å². The van der Waals surface area contributed by atoms with E-state index in [4.69, 9.17) is 9.47 Å². The van der Waals surface area contributed by atoms with Crippen LogP contribution >= 0.6 is 0 Å². The molecule has 0 aromatic heterocycles. The maximum atomic E-state index is 11.4. The number of rotatable bonds is 8. The first-order valence-corrected chi connectivity index (χ1v) is 10.9. The molecule has 0 radical (unpaired) electrons. The van der Waals surface area contributed by atoms with E-state index in [2.05, 4.69) is 15.5 Å². The molecule has 158 valence electrons. The molecule has 0 saturated carbocycles. The highest BCUT2D eigenvalue weighted by atomic mass is 32.2. The summed E-state index contributed by atoms with van der Waals surface area (Å²) >= 11 is -2.16. The first kappa shape index (κ1) is 21.4. The fraction of sp³-hybridized carbons (Fsp3) is 0.429. The van der Waals surface area contributed by atoms with Crippen LogP contribution in [0, 0.1) is 0 Å². The molecular weight excluding hydrogens is 390 g/mol. The van der Waals surface area contributed by atoms with Crippen molar-refractivity contribution in [1.82, 2.24) is 5.32 Å². The van der Waals surface area contributed by atoms with Gasteiger partial charge in [-0.3, -0.25) is 4.21 Å². The smallest absolute Gasteiger partial charge is 0.122 e. The molecule has 2 unspecified atom stereocenters. The second kappa shape index (κ2) is 9.96. The number of methoxy groups -OCH3 is 2. The number of anilines is 2. The van der Waals surface area contributed by atoms with Crippen molar-refractivity contribution in [3.63, 3.8) is 0 Å². The maximum Gasteiger partial charge on any atom is 0.122 e. The van der Waals surface area contributed by atoms with Crippen LogP contribution in [0.1, 0.15) is 24.1 Å². The van der Waals surface area contributed by atoms with E-state index in [0.29, 0.717) is 11.5 Å². The molecule has 1 fully saturated rings. The molecule has 2 atom stereocenters. The van der Waals surface area contributed by atoms with Gasteiger partial charge in [-0.1, -0.05) is 17.1 Å². The van der Waals surface area contributed by atoms with Gasteiger partial charge in [-0.2, -0.15) is 0 Å². The van der Waals surface area contributed by atoms with Gasteiger partial charge in [0.05, 0.1) is 14.2 Å². The number of benzene rings is 2. The Hall–Kier alpha value is -2.29. The molecule has 2 aromatic rings. The highest BCUT2D eigenvalue weighted by Gasteiger charge is 2.15. The van der Waals surface area contributed by atoms with Crippen molar-refractivity contribution in [3.8, 4) is 11.5 Å². The van der Waals surface area contributed by atoms with Crippen LogP contribution in [0.25, 0.3) is 0 Å². The Morgan fingerprint density at radius 1 is 1.14 bits per heavy atom. The minimum Gasteiger partial charge on any atom is -0.772 e. The van der Waals surface area contributed by atoms with Crippen molar-refractivity contribution in [1.29, 1.82) is 0 Å². The highest BCUT2D eigenvalue weighted by molar-refractivity contribution is 7.78. The fourth-order valence-electron chi connectivity index (χ4n) is 3.47. The topological polar surface area (TPSA) is 85.9 Å². The van der Waals surface area contributed by atoms with Crippen LogP contribution in [0.15, 0.2) is 36.4 Å². The fourth-order valence-corrected chi connectivity index (χ4v) is 3.97. The minimum absolute atomic E-state index is 0.0294. The van der Waals surface area contributed by atoms with E-state index in [1.807, 2.05) is 43.3 Å². The lowest BCUT2D eigenvalue weighted by Gasteiger charge is -2.30. The molecule has 1 aliphatic rings. The summed E-state index contributed by atoms with van der Waals surface area (Å²) in [6.07, 6.45) is 0. The summed E-state index contributed by atoms with van der Waals surface area (Å²) in [6.45, 7) is 5.76. The molecule has 1 heterocycles. The molecule has 8 heteroatoms. The molecule has 0 bridgehead atoms. The van der Waals surface area contributed by atoms with Gasteiger partial charge in [-0.25, -0.2) is 0 Å². The zero-order valence-electron chi connectivity index (χ0n) is 17.1. The molecule has 7 nitrogen and oxygen atoms in total. The molecule has 2 N–H and O–H groups in total. The highest BCUT2D eigenvalue weighted by Crippen LogP contribution is 2.31. The van der Waals surface area contributed by atoms with Gasteiger partial charge >= 0.3 is 0 Å². The van der Waals surface area contributed by atoms with Gasteiger partial charge < -0.3 is 29.6 Å². The predicted octanol–water partition coefficient (Wildman–Crippen LogP) is 2.67. The zero-order valence-corrected chi connectivity index (χ0v) is 17.9. The first-order valence-electron chi connectivity index (χ1n) is 9.64. The number of piperazine rings is 1. The number of ether oxygens (including phenoxy) is 2. The summed E-state index contributed by atoms with van der Waals surface area (Å²) in [5.41, 5.74) is 3.64. The third-order valence-corrected chi connectivity index (χ3v) is 5.64. The zero-order chi connectivity index (χ0) is 20.8. The summed E-state index contributed by atoms with van der Waals surface area (Å²) < 4.78 is 33.4. The minimum atomic E-state index is -2.16. The van der Waals surface area contributed by atoms with Crippen molar-refractivity contribution < 1.29 is 18.2 Å². The van der Waals surface area contributed by atoms with Crippen LogP contribution in [0.5, 0.6) is 11.5 Å². The van der Waals surface area contributed by atoms with Crippen LogP contribution in [0.3, 0.4) is 0 Å². The van der Waals surface area contributed by atoms with E-state index >= 15 is 0 Å². The molecule has 0 amide bonds. The van der Waals surface area contributed by atoms with Crippen molar-refractivity contribution in [2.24, 2.45) is 0 Å². The van der Waals surface area contributed by atoms with Crippen LogP contribution in [-0.2, 0) is 16.8 Å². The summed E-state index contributed by atoms with van der Waals surface area (Å²) in [5.74, 6) is 1.39. The standard InChI is InChI=1S/C21H29N3O4S/c1-15(17-10-19(27-2)13-20(11-17)28-3)23-21-12-18(24-8-6-22-7-9-24)5-4-16(21)14-29(25)26/h4-5,10-13,15,22-23H,6-9,14H2,1-3H3,(H,25,26)/p-1. The van der Waals surface area contributed by atoms with Gasteiger partial charge in [0.25, 0.3) is 0 Å². The Bertz CT molecular complexity index is 834. The normalized spacial score (nSPS) is 16.2. The van der Waals surface area contributed by atoms with Crippen molar-refractivity contribution in [2.45, 2.75) is 18.7 Å². The lowest BCUT2D eigenvalue weighted by atomic mass is 10.1. The van der Waals surface area contributed by atoms with Crippen molar-refractivity contribution in [2.75, 3.05) is 50.6 Å². The Morgan fingerprint density at radius 2 is 1.79 bits per heavy atom. The number of hydrogen-bond acceptors (Lipinski definition) is 7. The van der Waals surface area contributed by atoms with Gasteiger partial charge in [-0.05, 0) is 42.3 Å². The monoisotopic (exact) mass is 418 g/mol. The van der Waals surface area contributed by atoms with Gasteiger partial charge in [0, 0.05) is 55.4 Å². The van der Waals surface area contributed by atoms with E-state index in [-0.39, 0.29) is 11.8 Å². The number of nitrogens with zero attached hydrogens (tertiary/aromatic N) is 1. The summed E-state index contributed by atoms with van der Waals surface area (Å²) in [4.78, 5) is 2.30. The third kappa shape index (κ3) is 5.62. The van der Waals surface area contributed by atoms with Gasteiger partial charge in [0.1, 0.15) is 11.5 Å². The van der Waals surface area contributed by atoms with Crippen LogP contribution in [-0.4, -0.2) is 49.2 Å². The second-order valence-electron chi connectivity index (χ2n) is 7.04. The van der Waals surface area contributed by atoms with Crippen LogP contribution in [0.4, 0.5) is 11.4 Å². The average Bonchev–Trinajstić information content (AvgIpc) is 2.74. The molecule has 1 aliphatic heterocycles. The maximum absolute atomic E-state index is 11.4. The Kier molecular flexibility index (Phi) is 7.35. The van der Waals surface area contributed by atoms with Crippen LogP contribution < -0.4 is 25.0 Å². The van der Waals surface area contributed by atoms with E-state index < -0.39 is 11.1 Å². The molecule has 3 rings (SSSR count). The largest absolute Gasteiger partial charge is 0.772 e. The first-order chi connectivity index (χ1) is 14.0. The van der Waals surface area contributed by atoms with Gasteiger partial charge in [-0.15, -0.1) is 0 Å². The van der Waals surface area contributed by atoms with Crippen molar-refractivity contribution in [3.05, 3.63) is 47.5 Å². The van der Waals surface area contributed by atoms with Gasteiger partial charge in [0.15, 0.2) is 0 Å². The lowest BCUT2D eigenvalue weighted by Crippen LogP contribution is -2.43. The molecule has 0 spiro atoms. The number of nitrogens with one attached hydrogen (secondary N) is 2. The Labute approximate surface area is 174 Å². The summed E-state index contributed by atoms with van der Waals surface area (Å²) in [6, 6.07) is 11.6. The SMILES string of the molecule is COc1cc(OC)cc(C(C)Nc2cc(N3CCNCC3)ccc2CS(=O)[O-])c1. The van der Waals surface area contributed by atoms with E-state index in [0.717, 1.165) is 48.7 Å². The molecular formula is C21H28N3O4S-. The molecule has 29 heavy (non-hydrogen) atoms. The van der Waals surface area contributed by atoms with Crippen molar-refractivity contribution >= 4 is 22.5 Å². The quantitative estimate of drug-likeness (QED) is 0.638. The van der Waals surface area contributed by atoms with Crippen LogP contribution in [0.2, 0.25) is 0 Å². The predicted molar refractivity (Wildman–Crippen MR) is 116 cm³/mol. The molecule has 1 saturated heterocycles. The van der Waals surface area contributed by atoms with E-state index in [1.54, 1.807) is 14.2 Å².